The van der Waals surface area contributed by atoms with Gasteiger partial charge in [0.1, 0.15) is 11.1 Å². The van der Waals surface area contributed by atoms with Crippen LogP contribution in [0.1, 0.15) is 56.6 Å². The molecule has 1 heterocycles. The zero-order valence-corrected chi connectivity index (χ0v) is 18.0. The highest BCUT2D eigenvalue weighted by Crippen LogP contribution is 2.34. The summed E-state index contributed by atoms with van der Waals surface area (Å²) in [5.41, 5.74) is 2.40. The molecule has 0 bridgehead atoms. The standard InChI is InChI=1S/C21H26N2O3S2/c1-3-4-5-6-7-10-15-28(24,25)26-23-21-14-13-20(27-21)19(16-22)18-12-9-8-11-17(18)2/h8-9,11-14H,3-7,10,15H2,1-2H3/b20-19-,23-21+. The lowest BCUT2D eigenvalue weighted by Crippen LogP contribution is -2.08. The van der Waals surface area contributed by atoms with Gasteiger partial charge < -0.3 is 0 Å². The fourth-order valence-electron chi connectivity index (χ4n) is 2.80. The van der Waals surface area contributed by atoms with Crippen LogP contribution in [-0.4, -0.2) is 19.2 Å². The molecule has 5 nitrogen and oxygen atoms in total. The van der Waals surface area contributed by atoms with Crippen molar-refractivity contribution in [2.75, 3.05) is 5.75 Å². The Kier molecular flexibility index (Phi) is 8.81. The number of thioether (sulfide) groups is 1. The van der Waals surface area contributed by atoms with Crippen LogP contribution in [-0.2, 0) is 14.4 Å². The van der Waals surface area contributed by atoms with Crippen molar-refractivity contribution < 1.29 is 12.7 Å². The Morgan fingerprint density at radius 1 is 1.14 bits per heavy atom. The van der Waals surface area contributed by atoms with E-state index < -0.39 is 10.1 Å². The molecular formula is C21H26N2O3S2. The number of unbranched alkanes of at least 4 members (excludes halogenated alkanes) is 5. The number of nitrogens with zero attached hydrogens (tertiary/aromatic N) is 2. The van der Waals surface area contributed by atoms with Crippen molar-refractivity contribution in [2.45, 2.75) is 52.4 Å². The smallest absolute Gasteiger partial charge is 0.267 e. The van der Waals surface area contributed by atoms with E-state index in [4.69, 9.17) is 4.28 Å². The SMILES string of the molecule is CCCCCCCCS(=O)(=O)O/N=C1C=C/C(=C(\C#N)c2ccccc2C)S\1. The van der Waals surface area contributed by atoms with Crippen LogP contribution in [0, 0.1) is 18.3 Å². The molecule has 1 aromatic carbocycles. The van der Waals surface area contributed by atoms with Gasteiger partial charge in [-0.15, -0.1) is 0 Å². The van der Waals surface area contributed by atoms with E-state index in [1.165, 1.54) is 18.2 Å². The average Bonchev–Trinajstić information content (AvgIpc) is 3.14. The first-order valence-electron chi connectivity index (χ1n) is 9.52. The molecule has 0 saturated heterocycles. The van der Waals surface area contributed by atoms with Crippen molar-refractivity contribution in [1.82, 2.24) is 0 Å². The predicted molar refractivity (Wildman–Crippen MR) is 116 cm³/mol. The molecule has 7 heteroatoms. The maximum Gasteiger partial charge on any atom is 0.328 e. The van der Waals surface area contributed by atoms with Crippen LogP contribution in [0.3, 0.4) is 0 Å². The summed E-state index contributed by atoms with van der Waals surface area (Å²) in [5, 5.41) is 13.7. The molecule has 1 aliphatic heterocycles. The predicted octanol–water partition coefficient (Wildman–Crippen LogP) is 5.55. The van der Waals surface area contributed by atoms with Crippen molar-refractivity contribution in [3.63, 3.8) is 0 Å². The number of oxime groups is 1. The van der Waals surface area contributed by atoms with E-state index in [0.717, 1.165) is 41.7 Å². The van der Waals surface area contributed by atoms with Gasteiger partial charge in [-0.2, -0.15) is 13.7 Å². The lowest BCUT2D eigenvalue weighted by molar-refractivity contribution is 0.339. The summed E-state index contributed by atoms with van der Waals surface area (Å²) in [7, 11) is -3.68. The molecule has 0 N–H and O–H groups in total. The lowest BCUT2D eigenvalue weighted by atomic mass is 10.0. The van der Waals surface area contributed by atoms with Gasteiger partial charge in [0, 0.05) is 4.91 Å². The van der Waals surface area contributed by atoms with Gasteiger partial charge in [-0.3, -0.25) is 4.28 Å². The summed E-state index contributed by atoms with van der Waals surface area (Å²) < 4.78 is 28.8. The second-order valence-corrected chi connectivity index (χ2v) is 9.37. The van der Waals surface area contributed by atoms with Crippen LogP contribution in [0.15, 0.2) is 46.5 Å². The van der Waals surface area contributed by atoms with Gasteiger partial charge in [-0.1, -0.05) is 80.2 Å². The monoisotopic (exact) mass is 418 g/mol. The second-order valence-electron chi connectivity index (χ2n) is 6.63. The molecule has 0 unspecified atom stereocenters. The van der Waals surface area contributed by atoms with E-state index in [0.29, 0.717) is 17.0 Å². The van der Waals surface area contributed by atoms with Crippen LogP contribution in [0.2, 0.25) is 0 Å². The molecular weight excluding hydrogens is 392 g/mol. The maximum absolute atomic E-state index is 12.0. The number of hydrogen-bond donors (Lipinski definition) is 0. The molecule has 0 spiro atoms. The third-order valence-corrected chi connectivity index (χ3v) is 6.42. The van der Waals surface area contributed by atoms with Crippen LogP contribution in [0.5, 0.6) is 0 Å². The molecule has 0 amide bonds. The highest BCUT2D eigenvalue weighted by molar-refractivity contribution is 8.18. The first kappa shape index (κ1) is 22.3. The minimum absolute atomic E-state index is 0.0281. The summed E-state index contributed by atoms with van der Waals surface area (Å²) in [6.45, 7) is 4.09. The van der Waals surface area contributed by atoms with Crippen LogP contribution < -0.4 is 0 Å². The minimum Gasteiger partial charge on any atom is -0.267 e. The van der Waals surface area contributed by atoms with Crippen molar-refractivity contribution in [2.24, 2.45) is 5.16 Å². The van der Waals surface area contributed by atoms with Gasteiger partial charge >= 0.3 is 10.1 Å². The number of benzene rings is 1. The average molecular weight is 419 g/mol. The first-order valence-corrected chi connectivity index (χ1v) is 11.9. The van der Waals surface area contributed by atoms with E-state index in [-0.39, 0.29) is 5.75 Å². The Bertz CT molecular complexity index is 910. The fourth-order valence-corrected chi connectivity index (χ4v) is 4.51. The summed E-state index contributed by atoms with van der Waals surface area (Å²) in [4.78, 5) is 0.729. The van der Waals surface area contributed by atoms with Gasteiger partial charge in [0.25, 0.3) is 0 Å². The third kappa shape index (κ3) is 6.84. The van der Waals surface area contributed by atoms with Gasteiger partial charge in [0.2, 0.25) is 0 Å². The Labute approximate surface area is 172 Å². The molecule has 28 heavy (non-hydrogen) atoms. The largest absolute Gasteiger partial charge is 0.328 e. The number of aryl methyl sites for hydroxylation is 1. The normalized spacial score (nSPS) is 17.0. The van der Waals surface area contributed by atoms with Crippen molar-refractivity contribution >= 4 is 32.5 Å². The van der Waals surface area contributed by atoms with E-state index in [1.807, 2.05) is 31.2 Å². The molecule has 0 atom stereocenters. The first-order chi connectivity index (χ1) is 13.5. The van der Waals surface area contributed by atoms with Crippen LogP contribution in [0.4, 0.5) is 0 Å². The highest BCUT2D eigenvalue weighted by atomic mass is 32.2. The Balaban J connectivity index is 1.94. The zero-order valence-electron chi connectivity index (χ0n) is 16.3. The van der Waals surface area contributed by atoms with Crippen molar-refractivity contribution in [3.05, 3.63) is 52.4 Å². The highest BCUT2D eigenvalue weighted by Gasteiger charge is 2.18. The molecule has 1 aromatic rings. The Morgan fingerprint density at radius 3 is 2.57 bits per heavy atom. The third-order valence-electron chi connectivity index (χ3n) is 4.35. The van der Waals surface area contributed by atoms with Gasteiger partial charge in [0.15, 0.2) is 0 Å². The molecule has 0 aromatic heterocycles. The van der Waals surface area contributed by atoms with Gasteiger partial charge in [-0.25, -0.2) is 0 Å². The molecule has 0 saturated carbocycles. The number of hydrogen-bond acceptors (Lipinski definition) is 6. The maximum atomic E-state index is 12.0. The van der Waals surface area contributed by atoms with Crippen molar-refractivity contribution in [1.29, 1.82) is 5.26 Å². The van der Waals surface area contributed by atoms with Crippen LogP contribution >= 0.6 is 11.8 Å². The zero-order chi connectivity index (χ0) is 20.4. The van der Waals surface area contributed by atoms with Gasteiger partial charge in [0.05, 0.1) is 11.3 Å². The number of nitriles is 1. The molecule has 2 rings (SSSR count). The summed E-state index contributed by atoms with van der Waals surface area (Å²) in [6, 6.07) is 9.89. The van der Waals surface area contributed by atoms with E-state index in [9.17, 15) is 13.7 Å². The molecule has 1 aliphatic rings. The lowest BCUT2D eigenvalue weighted by Gasteiger charge is -2.06. The fraction of sp³-hybridized carbons (Fsp3) is 0.429. The summed E-state index contributed by atoms with van der Waals surface area (Å²) in [6.07, 6.45) is 9.41. The van der Waals surface area contributed by atoms with E-state index in [2.05, 4.69) is 18.1 Å². The Hall–Kier alpha value is -2.04. The van der Waals surface area contributed by atoms with E-state index >= 15 is 0 Å². The quantitative estimate of drug-likeness (QED) is 0.283. The second kappa shape index (κ2) is 11.1. The van der Waals surface area contributed by atoms with Gasteiger partial charge in [-0.05, 0) is 36.6 Å². The topological polar surface area (TPSA) is 79.5 Å². The van der Waals surface area contributed by atoms with Crippen LogP contribution in [0.25, 0.3) is 5.57 Å². The molecule has 0 radical (unpaired) electrons. The molecule has 0 fully saturated rings. The molecule has 0 aliphatic carbocycles. The Morgan fingerprint density at radius 2 is 1.86 bits per heavy atom. The van der Waals surface area contributed by atoms with E-state index in [1.54, 1.807) is 12.2 Å². The number of rotatable bonds is 10. The minimum atomic E-state index is -3.68. The summed E-state index contributed by atoms with van der Waals surface area (Å²) in [5.74, 6) is -0.0281. The van der Waals surface area contributed by atoms with Crippen molar-refractivity contribution in [3.8, 4) is 6.07 Å². The molecule has 150 valence electrons. The number of allylic oxidation sites excluding steroid dienone is 2. The summed E-state index contributed by atoms with van der Waals surface area (Å²) >= 11 is 1.23.